The summed E-state index contributed by atoms with van der Waals surface area (Å²) in [6.45, 7) is 1.42. The van der Waals surface area contributed by atoms with Crippen LogP contribution in [0.25, 0.3) is 0 Å². The average molecular weight is 173 g/mol. The van der Waals surface area contributed by atoms with Crippen molar-refractivity contribution in [3.05, 3.63) is 0 Å². The zero-order valence-electron chi connectivity index (χ0n) is 7.95. The molecule has 0 radical (unpaired) electrons. The number of hydrogen-bond donors (Lipinski definition) is 2. The summed E-state index contributed by atoms with van der Waals surface area (Å²) in [5, 5.41) is 18.6. The fourth-order valence-corrected chi connectivity index (χ4v) is 1.81. The van der Waals surface area contributed by atoms with Gasteiger partial charge < -0.3 is 10.2 Å². The van der Waals surface area contributed by atoms with E-state index in [0.29, 0.717) is 6.04 Å². The molecule has 72 valence electrons. The Hall–Kier alpha value is -0.120. The van der Waals surface area contributed by atoms with Crippen LogP contribution in [0.4, 0.5) is 0 Å². The fourth-order valence-electron chi connectivity index (χ4n) is 1.81. The van der Waals surface area contributed by atoms with E-state index in [1.54, 1.807) is 11.9 Å². The summed E-state index contributed by atoms with van der Waals surface area (Å²) >= 11 is 0. The van der Waals surface area contributed by atoms with Crippen molar-refractivity contribution in [2.45, 2.75) is 51.0 Å². The van der Waals surface area contributed by atoms with Gasteiger partial charge in [-0.25, -0.2) is 0 Å². The molecule has 1 fully saturated rings. The third-order valence-corrected chi connectivity index (χ3v) is 2.79. The molecule has 1 rings (SSSR count). The quantitative estimate of drug-likeness (QED) is 0.610. The lowest BCUT2D eigenvalue weighted by molar-refractivity contribution is -0.256. The molecule has 0 aromatic rings. The van der Waals surface area contributed by atoms with Crippen LogP contribution in [-0.4, -0.2) is 34.1 Å². The van der Waals surface area contributed by atoms with Crippen molar-refractivity contribution in [1.29, 1.82) is 0 Å². The van der Waals surface area contributed by atoms with Gasteiger partial charge in [0.15, 0.2) is 0 Å². The summed E-state index contributed by atoms with van der Waals surface area (Å²) in [5.74, 6) is -1.65. The maximum atomic E-state index is 9.32. The van der Waals surface area contributed by atoms with Gasteiger partial charge in [-0.2, -0.15) is 0 Å². The number of hydrogen-bond acceptors (Lipinski definition) is 3. The monoisotopic (exact) mass is 173 g/mol. The Bertz CT molecular complexity index is 136. The van der Waals surface area contributed by atoms with Crippen molar-refractivity contribution < 1.29 is 10.2 Å². The first kappa shape index (κ1) is 9.96. The van der Waals surface area contributed by atoms with Crippen LogP contribution in [0, 0.1) is 0 Å². The van der Waals surface area contributed by atoms with Gasteiger partial charge in [0.1, 0.15) is 0 Å². The van der Waals surface area contributed by atoms with Gasteiger partial charge >= 0.3 is 0 Å². The Morgan fingerprint density at radius 2 is 1.67 bits per heavy atom. The third-order valence-electron chi connectivity index (χ3n) is 2.79. The predicted octanol–water partition coefficient (Wildman–Crippen LogP) is 0.909. The lowest BCUT2D eigenvalue weighted by atomic mass is 9.94. The van der Waals surface area contributed by atoms with Gasteiger partial charge in [-0.15, -0.1) is 0 Å². The van der Waals surface area contributed by atoms with E-state index >= 15 is 0 Å². The largest absolute Gasteiger partial charge is 0.353 e. The topological polar surface area (TPSA) is 43.7 Å². The lowest BCUT2D eigenvalue weighted by Gasteiger charge is -2.37. The Balaban J connectivity index is 2.45. The van der Waals surface area contributed by atoms with Crippen LogP contribution in [0.2, 0.25) is 0 Å². The van der Waals surface area contributed by atoms with E-state index in [1.165, 1.54) is 26.2 Å². The van der Waals surface area contributed by atoms with Gasteiger partial charge in [0, 0.05) is 13.0 Å². The van der Waals surface area contributed by atoms with E-state index in [9.17, 15) is 10.2 Å². The molecule has 0 bridgehead atoms. The summed E-state index contributed by atoms with van der Waals surface area (Å²) in [5.41, 5.74) is 0. The lowest BCUT2D eigenvalue weighted by Crippen LogP contribution is -2.49. The molecule has 0 aromatic carbocycles. The molecule has 0 heterocycles. The number of aliphatic hydroxyl groups is 2. The van der Waals surface area contributed by atoms with Crippen LogP contribution < -0.4 is 0 Å². The molecular formula is C9H19NO2. The molecule has 1 aliphatic rings. The van der Waals surface area contributed by atoms with Gasteiger partial charge in [0.05, 0.1) is 0 Å². The van der Waals surface area contributed by atoms with Crippen molar-refractivity contribution in [3.8, 4) is 0 Å². The van der Waals surface area contributed by atoms with Crippen molar-refractivity contribution in [3.63, 3.8) is 0 Å². The van der Waals surface area contributed by atoms with Crippen molar-refractivity contribution in [1.82, 2.24) is 4.90 Å². The van der Waals surface area contributed by atoms with Crippen LogP contribution in [0.5, 0.6) is 0 Å². The molecule has 0 aromatic heterocycles. The van der Waals surface area contributed by atoms with Gasteiger partial charge in [0.2, 0.25) is 5.91 Å². The van der Waals surface area contributed by atoms with E-state index in [-0.39, 0.29) is 0 Å². The zero-order chi connectivity index (χ0) is 9.19. The smallest absolute Gasteiger partial charge is 0.221 e. The molecule has 1 saturated carbocycles. The standard InChI is InChI=1S/C9H19NO2/c1-9(11,12)10(2)8-6-4-3-5-7-8/h8,11-12H,3-7H2,1-2H3. The molecule has 12 heavy (non-hydrogen) atoms. The second kappa shape index (κ2) is 3.73. The van der Waals surface area contributed by atoms with Crippen LogP contribution in [0.15, 0.2) is 0 Å². The van der Waals surface area contributed by atoms with Gasteiger partial charge in [-0.3, -0.25) is 4.90 Å². The Labute approximate surface area is 74.0 Å². The van der Waals surface area contributed by atoms with Crippen LogP contribution >= 0.6 is 0 Å². The Kier molecular flexibility index (Phi) is 3.09. The third kappa shape index (κ3) is 2.44. The molecule has 0 unspecified atom stereocenters. The molecule has 0 amide bonds. The highest BCUT2D eigenvalue weighted by molar-refractivity contribution is 4.75. The molecule has 0 spiro atoms. The molecule has 2 N–H and O–H groups in total. The van der Waals surface area contributed by atoms with E-state index in [4.69, 9.17) is 0 Å². The van der Waals surface area contributed by atoms with Crippen LogP contribution in [-0.2, 0) is 0 Å². The summed E-state index contributed by atoms with van der Waals surface area (Å²) < 4.78 is 0. The average Bonchev–Trinajstić information content (AvgIpc) is 2.03. The van der Waals surface area contributed by atoms with Gasteiger partial charge in [-0.05, 0) is 19.9 Å². The molecule has 0 aliphatic heterocycles. The van der Waals surface area contributed by atoms with Crippen LogP contribution in [0.1, 0.15) is 39.0 Å². The minimum atomic E-state index is -1.65. The second-order valence-corrected chi connectivity index (χ2v) is 3.87. The summed E-state index contributed by atoms with van der Waals surface area (Å²) in [6.07, 6.45) is 5.90. The first-order chi connectivity index (χ1) is 5.52. The Morgan fingerprint density at radius 1 is 1.17 bits per heavy atom. The van der Waals surface area contributed by atoms with E-state index in [2.05, 4.69) is 0 Å². The first-order valence-corrected chi connectivity index (χ1v) is 4.69. The minimum absolute atomic E-state index is 0.346. The molecule has 0 atom stereocenters. The van der Waals surface area contributed by atoms with Crippen molar-refractivity contribution >= 4 is 0 Å². The van der Waals surface area contributed by atoms with Gasteiger partial charge in [-0.1, -0.05) is 19.3 Å². The zero-order valence-corrected chi connectivity index (χ0v) is 7.95. The molecule has 0 saturated heterocycles. The number of nitrogens with zero attached hydrogens (tertiary/aromatic N) is 1. The van der Waals surface area contributed by atoms with E-state index < -0.39 is 5.91 Å². The van der Waals surface area contributed by atoms with Crippen molar-refractivity contribution in [2.24, 2.45) is 0 Å². The highest BCUT2D eigenvalue weighted by atomic mass is 16.5. The molecular weight excluding hydrogens is 154 g/mol. The maximum absolute atomic E-state index is 9.32. The molecule has 1 aliphatic carbocycles. The summed E-state index contributed by atoms with van der Waals surface area (Å²) in [7, 11) is 1.77. The summed E-state index contributed by atoms with van der Waals surface area (Å²) in [6, 6.07) is 0.346. The predicted molar refractivity (Wildman–Crippen MR) is 47.5 cm³/mol. The Morgan fingerprint density at radius 3 is 2.08 bits per heavy atom. The second-order valence-electron chi connectivity index (χ2n) is 3.87. The highest BCUT2D eigenvalue weighted by Gasteiger charge is 2.29. The first-order valence-electron chi connectivity index (χ1n) is 4.69. The molecule has 3 heteroatoms. The SMILES string of the molecule is CN(C1CCCCC1)C(C)(O)O. The van der Waals surface area contributed by atoms with Crippen LogP contribution in [0.3, 0.4) is 0 Å². The maximum Gasteiger partial charge on any atom is 0.221 e. The van der Waals surface area contributed by atoms with E-state index in [1.807, 2.05) is 0 Å². The minimum Gasteiger partial charge on any atom is -0.353 e. The summed E-state index contributed by atoms with van der Waals surface area (Å²) in [4.78, 5) is 1.66. The molecule has 3 nitrogen and oxygen atoms in total. The normalized spacial score (nSPS) is 21.8. The van der Waals surface area contributed by atoms with E-state index in [0.717, 1.165) is 12.8 Å². The fraction of sp³-hybridized carbons (Fsp3) is 1.00. The highest BCUT2D eigenvalue weighted by Crippen LogP contribution is 2.24. The van der Waals surface area contributed by atoms with Crippen molar-refractivity contribution in [2.75, 3.05) is 7.05 Å². The van der Waals surface area contributed by atoms with Gasteiger partial charge in [0.25, 0.3) is 0 Å². The number of rotatable bonds is 2.